The van der Waals surface area contributed by atoms with Crippen LogP contribution in [0.15, 0.2) is 30.3 Å². The van der Waals surface area contributed by atoms with Gasteiger partial charge in [0.2, 0.25) is 0 Å². The lowest BCUT2D eigenvalue weighted by Crippen LogP contribution is -2.13. The normalized spacial score (nSPS) is 10.3. The number of rotatable bonds is 7. The summed E-state index contributed by atoms with van der Waals surface area (Å²) in [7, 11) is 2.56. The Balaban J connectivity index is 2.21. The Morgan fingerprint density at radius 3 is 2.44 bits per heavy atom. The van der Waals surface area contributed by atoms with E-state index in [1.807, 2.05) is 0 Å². The van der Waals surface area contributed by atoms with E-state index in [1.165, 1.54) is 38.5 Å². The molecular formula is C17H15ClF2O5. The Morgan fingerprint density at radius 1 is 1.04 bits per heavy atom. The third kappa shape index (κ3) is 4.73. The molecule has 134 valence electrons. The van der Waals surface area contributed by atoms with Gasteiger partial charge in [0.15, 0.2) is 29.7 Å². The molecule has 0 N–H and O–H groups in total. The molecule has 0 spiro atoms. The highest BCUT2D eigenvalue weighted by Gasteiger charge is 2.16. The summed E-state index contributed by atoms with van der Waals surface area (Å²) >= 11 is 5.90. The van der Waals surface area contributed by atoms with Crippen LogP contribution < -0.4 is 14.2 Å². The fourth-order valence-corrected chi connectivity index (χ4v) is 2.12. The zero-order valence-corrected chi connectivity index (χ0v) is 14.2. The molecule has 2 aromatic carbocycles. The van der Waals surface area contributed by atoms with Crippen LogP contribution in [0.4, 0.5) is 8.78 Å². The van der Waals surface area contributed by atoms with Gasteiger partial charge in [-0.05, 0) is 24.3 Å². The van der Waals surface area contributed by atoms with Gasteiger partial charge in [-0.2, -0.15) is 0 Å². The topological polar surface area (TPSA) is 54.0 Å². The number of carbonyl (C=O) groups excluding carboxylic acids is 1. The van der Waals surface area contributed by atoms with E-state index < -0.39 is 17.6 Å². The van der Waals surface area contributed by atoms with E-state index in [0.717, 1.165) is 6.07 Å². The summed E-state index contributed by atoms with van der Waals surface area (Å²) in [4.78, 5) is 11.2. The van der Waals surface area contributed by atoms with Crippen LogP contribution in [0, 0.1) is 11.6 Å². The summed E-state index contributed by atoms with van der Waals surface area (Å²) < 4.78 is 47.7. The Kier molecular flexibility index (Phi) is 6.41. The molecule has 0 amide bonds. The van der Waals surface area contributed by atoms with Crippen LogP contribution in [0.2, 0.25) is 5.02 Å². The first-order chi connectivity index (χ1) is 12.0. The lowest BCUT2D eigenvalue weighted by atomic mass is 10.2. The minimum atomic E-state index is -1.06. The molecule has 0 bridgehead atoms. The molecule has 8 heteroatoms. The van der Waals surface area contributed by atoms with Crippen LogP contribution in [0.3, 0.4) is 0 Å². The van der Waals surface area contributed by atoms with Crippen molar-refractivity contribution in [2.24, 2.45) is 0 Å². The van der Waals surface area contributed by atoms with Crippen LogP contribution in [-0.2, 0) is 16.1 Å². The molecule has 0 aliphatic rings. The van der Waals surface area contributed by atoms with Gasteiger partial charge < -0.3 is 18.9 Å². The summed E-state index contributed by atoms with van der Waals surface area (Å²) in [5.74, 6) is -2.18. The second kappa shape index (κ2) is 8.53. The third-order valence-corrected chi connectivity index (χ3v) is 3.46. The van der Waals surface area contributed by atoms with Crippen LogP contribution in [0.1, 0.15) is 5.56 Å². The molecule has 0 atom stereocenters. The number of hydrogen-bond donors (Lipinski definition) is 0. The minimum Gasteiger partial charge on any atom is -0.496 e. The molecule has 0 saturated carbocycles. The second-order valence-corrected chi connectivity index (χ2v) is 5.22. The van der Waals surface area contributed by atoms with Crippen LogP contribution in [0.5, 0.6) is 17.2 Å². The summed E-state index contributed by atoms with van der Waals surface area (Å²) in [6.45, 7) is -0.673. The summed E-state index contributed by atoms with van der Waals surface area (Å²) in [5, 5.41) is 0.349. The van der Waals surface area contributed by atoms with Gasteiger partial charge >= 0.3 is 5.97 Å². The van der Waals surface area contributed by atoms with Gasteiger partial charge in [-0.1, -0.05) is 11.6 Å². The predicted molar refractivity (Wildman–Crippen MR) is 86.2 cm³/mol. The van der Waals surface area contributed by atoms with Crippen molar-refractivity contribution in [3.63, 3.8) is 0 Å². The third-order valence-electron chi connectivity index (χ3n) is 3.22. The Hall–Kier alpha value is -2.54. The monoisotopic (exact) mass is 372 g/mol. The van der Waals surface area contributed by atoms with Gasteiger partial charge in [0.1, 0.15) is 12.4 Å². The van der Waals surface area contributed by atoms with Gasteiger partial charge in [0, 0.05) is 11.1 Å². The first-order valence-electron chi connectivity index (χ1n) is 7.09. The Morgan fingerprint density at radius 2 is 1.76 bits per heavy atom. The average Bonchev–Trinajstić information content (AvgIpc) is 2.61. The average molecular weight is 373 g/mol. The number of ether oxygens (including phenoxy) is 4. The number of halogens is 3. The standard InChI is InChI=1S/C17H15ClF2O5/c1-22-13-6-4-12(19)17(20)11(13)8-24-14-5-3-10(18)7-15(14)25-9-16(21)23-2/h3-7H,8-9H2,1-2H3. The van der Waals surface area contributed by atoms with E-state index in [2.05, 4.69) is 4.74 Å². The largest absolute Gasteiger partial charge is 0.496 e. The van der Waals surface area contributed by atoms with E-state index in [-0.39, 0.29) is 36.0 Å². The van der Waals surface area contributed by atoms with Gasteiger partial charge in [0.25, 0.3) is 0 Å². The highest BCUT2D eigenvalue weighted by molar-refractivity contribution is 6.30. The molecule has 0 radical (unpaired) electrons. The van der Waals surface area contributed by atoms with Crippen molar-refractivity contribution in [2.75, 3.05) is 20.8 Å². The summed E-state index contributed by atoms with van der Waals surface area (Å²) in [5.41, 5.74) is -0.0867. The first-order valence-corrected chi connectivity index (χ1v) is 7.47. The molecule has 0 heterocycles. The molecule has 0 aliphatic heterocycles. The fraction of sp³-hybridized carbons (Fsp3) is 0.235. The summed E-state index contributed by atoms with van der Waals surface area (Å²) in [6.07, 6.45) is 0. The van der Waals surface area contributed by atoms with Crippen molar-refractivity contribution < 1.29 is 32.5 Å². The number of esters is 1. The number of benzene rings is 2. The van der Waals surface area contributed by atoms with Crippen molar-refractivity contribution in [1.82, 2.24) is 0 Å². The minimum absolute atomic E-state index is 0.0867. The molecule has 0 unspecified atom stereocenters. The van der Waals surface area contributed by atoms with E-state index in [9.17, 15) is 13.6 Å². The van der Waals surface area contributed by atoms with Gasteiger partial charge in [-0.15, -0.1) is 0 Å². The van der Waals surface area contributed by atoms with Crippen molar-refractivity contribution in [3.8, 4) is 17.2 Å². The van der Waals surface area contributed by atoms with E-state index >= 15 is 0 Å². The summed E-state index contributed by atoms with van der Waals surface area (Å²) in [6, 6.07) is 6.71. The lowest BCUT2D eigenvalue weighted by molar-refractivity contribution is -0.142. The molecule has 2 aromatic rings. The van der Waals surface area contributed by atoms with Crippen molar-refractivity contribution in [3.05, 3.63) is 52.6 Å². The van der Waals surface area contributed by atoms with Crippen LogP contribution in [-0.4, -0.2) is 26.8 Å². The van der Waals surface area contributed by atoms with Gasteiger partial charge in [-0.3, -0.25) is 0 Å². The quantitative estimate of drug-likeness (QED) is 0.693. The maximum atomic E-state index is 14.0. The van der Waals surface area contributed by atoms with Gasteiger partial charge in [-0.25, -0.2) is 13.6 Å². The molecular weight excluding hydrogens is 358 g/mol. The Labute approximate surface area is 148 Å². The van der Waals surface area contributed by atoms with E-state index in [4.69, 9.17) is 25.8 Å². The lowest BCUT2D eigenvalue weighted by Gasteiger charge is -2.14. The number of hydrogen-bond acceptors (Lipinski definition) is 5. The highest BCUT2D eigenvalue weighted by atomic mass is 35.5. The molecule has 0 aliphatic carbocycles. The zero-order valence-electron chi connectivity index (χ0n) is 13.5. The van der Waals surface area contributed by atoms with Crippen molar-refractivity contribution >= 4 is 17.6 Å². The molecule has 5 nitrogen and oxygen atoms in total. The fourth-order valence-electron chi connectivity index (χ4n) is 1.96. The first kappa shape index (κ1) is 18.8. The molecule has 25 heavy (non-hydrogen) atoms. The Bertz CT molecular complexity index is 767. The number of methoxy groups -OCH3 is 2. The molecule has 0 fully saturated rings. The smallest absolute Gasteiger partial charge is 0.343 e. The van der Waals surface area contributed by atoms with Crippen molar-refractivity contribution in [2.45, 2.75) is 6.61 Å². The van der Waals surface area contributed by atoms with E-state index in [0.29, 0.717) is 5.02 Å². The maximum Gasteiger partial charge on any atom is 0.343 e. The van der Waals surface area contributed by atoms with Crippen molar-refractivity contribution in [1.29, 1.82) is 0 Å². The van der Waals surface area contributed by atoms with Gasteiger partial charge in [0.05, 0.1) is 19.8 Å². The SMILES string of the molecule is COC(=O)COc1cc(Cl)ccc1OCc1c(OC)ccc(F)c1F. The number of carbonyl (C=O) groups is 1. The predicted octanol–water partition coefficient (Wildman–Crippen LogP) is 3.76. The molecule has 2 rings (SSSR count). The zero-order chi connectivity index (χ0) is 18.4. The second-order valence-electron chi connectivity index (χ2n) is 4.79. The molecule has 0 saturated heterocycles. The highest BCUT2D eigenvalue weighted by Crippen LogP contribution is 2.32. The van der Waals surface area contributed by atoms with Crippen LogP contribution >= 0.6 is 11.6 Å². The maximum absolute atomic E-state index is 14.0. The molecule has 0 aromatic heterocycles. The van der Waals surface area contributed by atoms with Crippen LogP contribution in [0.25, 0.3) is 0 Å². The van der Waals surface area contributed by atoms with E-state index in [1.54, 1.807) is 0 Å².